The fraction of sp³-hybridized carbons (Fsp3) is 0.310. The first-order valence-corrected chi connectivity index (χ1v) is 15.7. The summed E-state index contributed by atoms with van der Waals surface area (Å²) in [6.45, 7) is 7.60. The number of aromatic nitrogens is 1. The van der Waals surface area contributed by atoms with Crippen molar-refractivity contribution in [1.82, 2.24) is 15.6 Å². The standard InChI is InChI=1S/C29H29N3O5S3/c1-19-12-13-21(25(33)32-28(2,3)4)18-20(19)10-6-5-8-16-29(26(34)31-27(35)39-29)40(36,37)24-15-14-23(38-24)22-11-7-9-17-30-22/h7,9,11-15,17-18H,5,8,16H2,1-4H3,(H,32,33)(H,31,34,35). The Balaban J connectivity index is 1.52. The van der Waals surface area contributed by atoms with Gasteiger partial charge in [-0.15, -0.1) is 11.3 Å². The Morgan fingerprint density at radius 1 is 1.12 bits per heavy atom. The minimum atomic E-state index is -4.22. The highest BCUT2D eigenvalue weighted by molar-refractivity contribution is 8.25. The van der Waals surface area contributed by atoms with E-state index in [-0.39, 0.29) is 28.5 Å². The van der Waals surface area contributed by atoms with Crippen LogP contribution in [0.15, 0.2) is 58.9 Å². The lowest BCUT2D eigenvalue weighted by molar-refractivity contribution is -0.120. The Kier molecular flexibility index (Phi) is 8.54. The summed E-state index contributed by atoms with van der Waals surface area (Å²) in [4.78, 5) is 42.5. The molecule has 3 aromatic rings. The van der Waals surface area contributed by atoms with Crippen LogP contribution in [0.5, 0.6) is 0 Å². The molecule has 1 aliphatic rings. The van der Waals surface area contributed by atoms with E-state index < -0.39 is 25.1 Å². The third-order valence-electron chi connectivity index (χ3n) is 6.04. The van der Waals surface area contributed by atoms with Crippen LogP contribution in [0.3, 0.4) is 0 Å². The lowest BCUT2D eigenvalue weighted by Gasteiger charge is -2.23. The molecule has 1 aliphatic heterocycles. The first-order valence-electron chi connectivity index (χ1n) is 12.5. The van der Waals surface area contributed by atoms with Gasteiger partial charge < -0.3 is 5.32 Å². The molecule has 0 aliphatic carbocycles. The van der Waals surface area contributed by atoms with Crippen molar-refractivity contribution < 1.29 is 22.8 Å². The number of amides is 3. The summed E-state index contributed by atoms with van der Waals surface area (Å²) in [5.41, 5.74) is 2.32. The van der Waals surface area contributed by atoms with E-state index in [2.05, 4.69) is 27.5 Å². The fourth-order valence-corrected chi connectivity index (χ4v) is 9.09. The number of hydrogen-bond acceptors (Lipinski definition) is 8. The second-order valence-corrected chi connectivity index (χ2v) is 15.3. The average Bonchev–Trinajstić information content (AvgIpc) is 3.50. The lowest BCUT2D eigenvalue weighted by atomic mass is 10.0. The van der Waals surface area contributed by atoms with E-state index in [1.807, 2.05) is 33.8 Å². The number of unbranched alkanes of at least 4 members (excludes halogenated alkanes) is 1. The van der Waals surface area contributed by atoms with E-state index >= 15 is 0 Å². The first-order chi connectivity index (χ1) is 18.8. The van der Waals surface area contributed by atoms with E-state index in [1.165, 1.54) is 6.07 Å². The van der Waals surface area contributed by atoms with Gasteiger partial charge in [-0.3, -0.25) is 24.7 Å². The quantitative estimate of drug-likeness (QED) is 0.280. The highest BCUT2D eigenvalue weighted by Crippen LogP contribution is 2.46. The van der Waals surface area contributed by atoms with Gasteiger partial charge in [-0.1, -0.05) is 24.0 Å². The normalized spacial score (nSPS) is 17.2. The SMILES string of the molecule is Cc1ccc(C(=O)NC(C)(C)C)cc1C#CCCCC1(S(=O)(=O)c2ccc(-c3ccccn3)s2)SC(=O)NC1=O. The van der Waals surface area contributed by atoms with Gasteiger partial charge in [0.05, 0.1) is 10.6 Å². The van der Waals surface area contributed by atoms with Crippen molar-refractivity contribution in [3.63, 3.8) is 0 Å². The number of carbonyl (C=O) groups is 3. The molecular formula is C29H29N3O5S3. The molecule has 2 N–H and O–H groups in total. The average molecular weight is 596 g/mol. The summed E-state index contributed by atoms with van der Waals surface area (Å²) in [7, 11) is -4.22. The number of benzene rings is 1. The molecule has 11 heteroatoms. The van der Waals surface area contributed by atoms with Crippen LogP contribution >= 0.6 is 23.1 Å². The maximum Gasteiger partial charge on any atom is 0.287 e. The molecule has 0 spiro atoms. The zero-order valence-corrected chi connectivity index (χ0v) is 25.0. The Morgan fingerprint density at radius 3 is 2.55 bits per heavy atom. The number of aryl methyl sites for hydroxylation is 1. The van der Waals surface area contributed by atoms with Crippen molar-refractivity contribution >= 4 is 50.0 Å². The van der Waals surface area contributed by atoms with Crippen molar-refractivity contribution in [3.8, 4) is 22.4 Å². The van der Waals surface area contributed by atoms with Crippen molar-refractivity contribution in [2.75, 3.05) is 0 Å². The molecule has 3 heterocycles. The third kappa shape index (κ3) is 6.30. The molecule has 1 aromatic carbocycles. The number of carbonyl (C=O) groups excluding carboxylic acids is 3. The van der Waals surface area contributed by atoms with E-state index in [0.29, 0.717) is 39.9 Å². The van der Waals surface area contributed by atoms with E-state index in [9.17, 15) is 22.8 Å². The summed E-state index contributed by atoms with van der Waals surface area (Å²) < 4.78 is 25.6. The van der Waals surface area contributed by atoms with Gasteiger partial charge in [-0.25, -0.2) is 8.42 Å². The number of nitrogens with one attached hydrogen (secondary N) is 2. The summed E-state index contributed by atoms with van der Waals surface area (Å²) in [6, 6.07) is 13.7. The van der Waals surface area contributed by atoms with Crippen LogP contribution in [-0.2, 0) is 14.6 Å². The zero-order chi connectivity index (χ0) is 29.1. The Labute approximate surface area is 242 Å². The summed E-state index contributed by atoms with van der Waals surface area (Å²) in [5.74, 6) is 5.06. The Morgan fingerprint density at radius 2 is 1.90 bits per heavy atom. The number of thiophene rings is 1. The van der Waals surface area contributed by atoms with Gasteiger partial charge in [-0.2, -0.15) is 0 Å². The van der Waals surface area contributed by atoms with Gasteiger partial charge in [0, 0.05) is 29.3 Å². The van der Waals surface area contributed by atoms with Crippen LogP contribution in [0, 0.1) is 18.8 Å². The topological polar surface area (TPSA) is 122 Å². The molecule has 0 bridgehead atoms. The largest absolute Gasteiger partial charge is 0.347 e. The van der Waals surface area contributed by atoms with Crippen LogP contribution in [-0.4, -0.2) is 40.1 Å². The van der Waals surface area contributed by atoms with Crippen molar-refractivity contribution in [1.29, 1.82) is 0 Å². The molecule has 1 saturated heterocycles. The fourth-order valence-electron chi connectivity index (χ4n) is 4.04. The molecule has 40 heavy (non-hydrogen) atoms. The molecular weight excluding hydrogens is 567 g/mol. The number of sulfone groups is 1. The summed E-state index contributed by atoms with van der Waals surface area (Å²) in [5, 5.41) is 4.39. The van der Waals surface area contributed by atoms with Crippen LogP contribution in [0.25, 0.3) is 10.6 Å². The van der Waals surface area contributed by atoms with Gasteiger partial charge in [0.2, 0.25) is 13.9 Å². The predicted molar refractivity (Wildman–Crippen MR) is 158 cm³/mol. The third-order valence-corrected chi connectivity index (χ3v) is 11.7. The minimum absolute atomic E-state index is 0.00226. The van der Waals surface area contributed by atoms with Crippen molar-refractivity contribution in [2.24, 2.45) is 0 Å². The number of nitrogens with zero attached hydrogens (tertiary/aromatic N) is 1. The zero-order valence-electron chi connectivity index (χ0n) is 22.5. The summed E-state index contributed by atoms with van der Waals surface area (Å²) >= 11 is 1.52. The van der Waals surface area contributed by atoms with Crippen molar-refractivity contribution in [2.45, 2.75) is 60.8 Å². The number of imide groups is 1. The van der Waals surface area contributed by atoms with Gasteiger partial charge in [0.1, 0.15) is 4.21 Å². The number of hydrogen-bond donors (Lipinski definition) is 2. The number of thioether (sulfide) groups is 1. The van der Waals surface area contributed by atoms with Crippen LogP contribution in [0.2, 0.25) is 0 Å². The Hall–Kier alpha value is -3.46. The maximum absolute atomic E-state index is 13.8. The molecule has 0 radical (unpaired) electrons. The van der Waals surface area contributed by atoms with Crippen molar-refractivity contribution in [3.05, 3.63) is 71.4 Å². The van der Waals surface area contributed by atoms with Crippen LogP contribution < -0.4 is 10.6 Å². The monoisotopic (exact) mass is 595 g/mol. The highest BCUT2D eigenvalue weighted by Gasteiger charge is 2.58. The molecule has 1 unspecified atom stereocenters. The minimum Gasteiger partial charge on any atom is -0.347 e. The van der Waals surface area contributed by atoms with Gasteiger partial charge in [0.15, 0.2) is 0 Å². The predicted octanol–water partition coefficient (Wildman–Crippen LogP) is 5.32. The highest BCUT2D eigenvalue weighted by atomic mass is 32.3. The van der Waals surface area contributed by atoms with Crippen LogP contribution in [0.1, 0.15) is 61.5 Å². The van der Waals surface area contributed by atoms with Gasteiger partial charge >= 0.3 is 0 Å². The van der Waals surface area contributed by atoms with E-state index in [4.69, 9.17) is 0 Å². The molecule has 8 nitrogen and oxygen atoms in total. The smallest absolute Gasteiger partial charge is 0.287 e. The van der Waals surface area contributed by atoms with E-state index in [0.717, 1.165) is 16.9 Å². The number of rotatable bonds is 7. The maximum atomic E-state index is 13.8. The molecule has 208 valence electrons. The second kappa shape index (κ2) is 11.6. The number of pyridine rings is 1. The molecule has 1 atom stereocenters. The lowest BCUT2D eigenvalue weighted by Crippen LogP contribution is -2.43. The molecule has 3 amide bonds. The Bertz CT molecular complexity index is 1630. The van der Waals surface area contributed by atoms with E-state index in [1.54, 1.807) is 42.6 Å². The summed E-state index contributed by atoms with van der Waals surface area (Å²) in [6.07, 6.45) is 2.08. The van der Waals surface area contributed by atoms with Gasteiger partial charge in [-0.05, 0) is 94.3 Å². The molecule has 4 rings (SSSR count). The molecule has 1 fully saturated rings. The molecule has 0 saturated carbocycles. The van der Waals surface area contributed by atoms with Gasteiger partial charge in [0.25, 0.3) is 17.1 Å². The van der Waals surface area contributed by atoms with Crippen LogP contribution in [0.4, 0.5) is 4.79 Å². The first kappa shape index (κ1) is 29.5. The second-order valence-electron chi connectivity index (χ2n) is 10.3. The molecule has 2 aromatic heterocycles.